The van der Waals surface area contributed by atoms with Crippen LogP contribution in [0.15, 0.2) is 29.2 Å². The molecule has 0 aromatic heterocycles. The lowest BCUT2D eigenvalue weighted by Crippen LogP contribution is -2.32. The van der Waals surface area contributed by atoms with E-state index in [0.717, 1.165) is 26.2 Å². The molecular weight excluding hydrogens is 350 g/mol. The third-order valence-corrected chi connectivity index (χ3v) is 6.15. The fourth-order valence-corrected chi connectivity index (χ4v) is 4.61. The highest BCUT2D eigenvalue weighted by Gasteiger charge is 2.38. The Hall–Kier alpha value is -1.15. The summed E-state index contributed by atoms with van der Waals surface area (Å²) in [6.45, 7) is 7.07. The van der Waals surface area contributed by atoms with Crippen molar-refractivity contribution in [2.75, 3.05) is 26.2 Å². The molecule has 2 N–H and O–H groups in total. The number of rotatable bonds is 4. The zero-order valence-corrected chi connectivity index (χ0v) is 15.5. The van der Waals surface area contributed by atoms with Crippen molar-refractivity contribution in [2.45, 2.75) is 24.8 Å². The molecule has 2 aliphatic heterocycles. The molecule has 0 spiro atoms. The Kier molecular flexibility index (Phi) is 5.91. The highest BCUT2D eigenvalue weighted by molar-refractivity contribution is 7.89. The van der Waals surface area contributed by atoms with E-state index in [1.165, 1.54) is 12.1 Å². The van der Waals surface area contributed by atoms with E-state index in [-0.39, 0.29) is 29.3 Å². The van der Waals surface area contributed by atoms with Crippen molar-refractivity contribution in [1.29, 1.82) is 0 Å². The first kappa shape index (κ1) is 19.2. The molecule has 2 aliphatic rings. The molecule has 0 saturated carbocycles. The summed E-state index contributed by atoms with van der Waals surface area (Å²) in [4.78, 5) is 14.6. The summed E-state index contributed by atoms with van der Waals surface area (Å²) < 4.78 is 26.7. The van der Waals surface area contributed by atoms with Crippen LogP contribution in [0, 0.1) is 11.8 Å². The van der Waals surface area contributed by atoms with Crippen LogP contribution >= 0.6 is 12.4 Å². The van der Waals surface area contributed by atoms with Gasteiger partial charge in [-0.3, -0.25) is 4.79 Å². The largest absolute Gasteiger partial charge is 0.338 e. The van der Waals surface area contributed by atoms with Gasteiger partial charge in [0.25, 0.3) is 5.91 Å². The number of amides is 1. The van der Waals surface area contributed by atoms with Gasteiger partial charge in [0.1, 0.15) is 0 Å². The summed E-state index contributed by atoms with van der Waals surface area (Å²) in [5.74, 6) is 1.09. The van der Waals surface area contributed by atoms with Crippen LogP contribution in [0.2, 0.25) is 0 Å². The number of benzene rings is 1. The Bertz CT molecular complexity index is 679. The van der Waals surface area contributed by atoms with Crippen molar-refractivity contribution >= 4 is 28.3 Å². The molecule has 0 aliphatic carbocycles. The van der Waals surface area contributed by atoms with Crippen molar-refractivity contribution in [1.82, 2.24) is 14.9 Å². The number of nitrogens with one attached hydrogen (secondary N) is 2. The van der Waals surface area contributed by atoms with Gasteiger partial charge in [-0.05, 0) is 49.9 Å². The molecule has 2 atom stereocenters. The average Bonchev–Trinajstić information content (AvgIpc) is 3.06. The Balaban J connectivity index is 0.00000208. The van der Waals surface area contributed by atoms with Crippen LogP contribution in [0.4, 0.5) is 0 Å². The van der Waals surface area contributed by atoms with Gasteiger partial charge in [-0.25, -0.2) is 13.1 Å². The second-order valence-electron chi connectivity index (χ2n) is 6.69. The lowest BCUT2D eigenvalue weighted by molar-refractivity contribution is 0.0781. The fraction of sp³-hybridized carbons (Fsp3) is 0.562. The van der Waals surface area contributed by atoms with Gasteiger partial charge in [0.05, 0.1) is 4.90 Å². The third-order valence-electron chi connectivity index (χ3n) is 4.48. The summed E-state index contributed by atoms with van der Waals surface area (Å²) in [5.41, 5.74) is 0.543. The van der Waals surface area contributed by atoms with E-state index in [4.69, 9.17) is 0 Å². The van der Waals surface area contributed by atoms with Crippen LogP contribution in [-0.4, -0.2) is 51.4 Å². The molecule has 8 heteroatoms. The van der Waals surface area contributed by atoms with Crippen LogP contribution in [0.5, 0.6) is 0 Å². The highest BCUT2D eigenvalue weighted by Crippen LogP contribution is 2.27. The molecule has 0 bridgehead atoms. The smallest absolute Gasteiger partial charge is 0.253 e. The lowest BCUT2D eigenvalue weighted by Gasteiger charge is -2.18. The van der Waals surface area contributed by atoms with Gasteiger partial charge in [0.2, 0.25) is 10.0 Å². The highest BCUT2D eigenvalue weighted by atomic mass is 35.5. The SMILES string of the molecule is CC(C)NS(=O)(=O)c1ccc(C(=O)N2C[C@H]3CNC[C@H]3C2)cc1.Cl. The van der Waals surface area contributed by atoms with Crippen LogP contribution in [-0.2, 0) is 10.0 Å². The van der Waals surface area contributed by atoms with Crippen molar-refractivity contribution in [2.24, 2.45) is 11.8 Å². The zero-order valence-electron chi connectivity index (χ0n) is 13.9. The molecule has 1 aromatic rings. The second kappa shape index (κ2) is 7.39. The summed E-state index contributed by atoms with van der Waals surface area (Å²) in [6.07, 6.45) is 0. The molecule has 134 valence electrons. The molecule has 1 aromatic carbocycles. The van der Waals surface area contributed by atoms with Gasteiger partial charge in [0, 0.05) is 37.8 Å². The number of hydrogen-bond acceptors (Lipinski definition) is 4. The molecule has 6 nitrogen and oxygen atoms in total. The van der Waals surface area contributed by atoms with Crippen molar-refractivity contribution < 1.29 is 13.2 Å². The molecule has 2 heterocycles. The molecule has 3 rings (SSSR count). The predicted octanol–water partition coefficient (Wildman–Crippen LogP) is 1.09. The standard InChI is InChI=1S/C16H23N3O3S.ClH/c1-11(2)18-23(21,22)15-5-3-12(4-6-15)16(20)19-9-13-7-17-8-14(13)10-19;/h3-6,11,13-14,17-18H,7-10H2,1-2H3;1H/t13-,14+;. The second-order valence-corrected chi connectivity index (χ2v) is 8.40. The van der Waals surface area contributed by atoms with E-state index >= 15 is 0 Å². The van der Waals surface area contributed by atoms with E-state index < -0.39 is 10.0 Å². The van der Waals surface area contributed by atoms with E-state index in [0.29, 0.717) is 17.4 Å². The monoisotopic (exact) mass is 373 g/mol. The zero-order chi connectivity index (χ0) is 16.6. The number of nitrogens with zero attached hydrogens (tertiary/aromatic N) is 1. The lowest BCUT2D eigenvalue weighted by atomic mass is 10.0. The summed E-state index contributed by atoms with van der Waals surface area (Å²) in [5, 5.41) is 3.35. The number of halogens is 1. The number of hydrogen-bond donors (Lipinski definition) is 2. The van der Waals surface area contributed by atoms with Crippen LogP contribution < -0.4 is 10.0 Å². The van der Waals surface area contributed by atoms with Gasteiger partial charge in [-0.2, -0.15) is 0 Å². The van der Waals surface area contributed by atoms with Crippen molar-refractivity contribution in [3.05, 3.63) is 29.8 Å². The van der Waals surface area contributed by atoms with E-state index in [2.05, 4.69) is 10.0 Å². The minimum Gasteiger partial charge on any atom is -0.338 e. The molecular formula is C16H24ClN3O3S. The first-order chi connectivity index (χ1) is 10.9. The molecule has 0 radical (unpaired) electrons. The predicted molar refractivity (Wildman–Crippen MR) is 94.9 cm³/mol. The normalized spacial score (nSPS) is 23.2. The number of sulfonamides is 1. The van der Waals surface area contributed by atoms with E-state index in [1.54, 1.807) is 26.0 Å². The van der Waals surface area contributed by atoms with Gasteiger partial charge in [-0.1, -0.05) is 0 Å². The van der Waals surface area contributed by atoms with Gasteiger partial charge in [-0.15, -0.1) is 12.4 Å². The third kappa shape index (κ3) is 3.91. The molecule has 24 heavy (non-hydrogen) atoms. The molecule has 1 amide bonds. The first-order valence-electron chi connectivity index (χ1n) is 7.99. The first-order valence-corrected chi connectivity index (χ1v) is 9.47. The average molecular weight is 374 g/mol. The molecule has 2 fully saturated rings. The van der Waals surface area contributed by atoms with Gasteiger partial charge >= 0.3 is 0 Å². The van der Waals surface area contributed by atoms with Gasteiger partial charge in [0.15, 0.2) is 0 Å². The van der Waals surface area contributed by atoms with Crippen LogP contribution in [0.1, 0.15) is 24.2 Å². The van der Waals surface area contributed by atoms with Crippen molar-refractivity contribution in [3.63, 3.8) is 0 Å². The molecule has 2 saturated heterocycles. The Labute approximate surface area is 149 Å². The minimum absolute atomic E-state index is 0. The Morgan fingerprint density at radius 1 is 1.17 bits per heavy atom. The number of fused-ring (bicyclic) bond motifs is 1. The van der Waals surface area contributed by atoms with Crippen LogP contribution in [0.3, 0.4) is 0 Å². The van der Waals surface area contributed by atoms with Gasteiger partial charge < -0.3 is 10.2 Å². The van der Waals surface area contributed by atoms with E-state index in [1.807, 2.05) is 4.90 Å². The number of carbonyl (C=O) groups is 1. The fourth-order valence-electron chi connectivity index (χ4n) is 3.36. The maximum Gasteiger partial charge on any atom is 0.253 e. The maximum absolute atomic E-state index is 12.6. The minimum atomic E-state index is -3.52. The number of carbonyl (C=O) groups excluding carboxylic acids is 1. The number of likely N-dealkylation sites (tertiary alicyclic amines) is 1. The summed E-state index contributed by atoms with van der Waals surface area (Å²) >= 11 is 0. The Morgan fingerprint density at radius 2 is 1.71 bits per heavy atom. The summed E-state index contributed by atoms with van der Waals surface area (Å²) in [6, 6.07) is 6.03. The maximum atomic E-state index is 12.6. The summed E-state index contributed by atoms with van der Waals surface area (Å²) in [7, 11) is -3.52. The molecule has 0 unspecified atom stereocenters. The van der Waals surface area contributed by atoms with Crippen LogP contribution in [0.25, 0.3) is 0 Å². The Morgan fingerprint density at radius 3 is 2.21 bits per heavy atom. The van der Waals surface area contributed by atoms with E-state index in [9.17, 15) is 13.2 Å². The van der Waals surface area contributed by atoms with Crippen molar-refractivity contribution in [3.8, 4) is 0 Å². The topological polar surface area (TPSA) is 78.5 Å². The quantitative estimate of drug-likeness (QED) is 0.828.